The predicted molar refractivity (Wildman–Crippen MR) is 65.9 cm³/mol. The van der Waals surface area contributed by atoms with Gasteiger partial charge in [-0.1, -0.05) is 15.9 Å². The molecule has 0 unspecified atom stereocenters. The van der Waals surface area contributed by atoms with Crippen molar-refractivity contribution in [2.75, 3.05) is 13.2 Å². The van der Waals surface area contributed by atoms with Crippen molar-refractivity contribution < 1.29 is 23.5 Å². The van der Waals surface area contributed by atoms with Crippen LogP contribution >= 0.6 is 15.9 Å². The molecule has 0 aliphatic carbocycles. The Kier molecular flexibility index (Phi) is 5.77. The number of Topliss-reactive ketones (excluding diaryl/α,β-unsaturated/α-hetero) is 1. The van der Waals surface area contributed by atoms with E-state index < -0.39 is 17.6 Å². The molecule has 0 atom stereocenters. The van der Waals surface area contributed by atoms with Gasteiger partial charge in [-0.25, -0.2) is 4.39 Å². The molecule has 0 saturated carbocycles. The maximum absolute atomic E-state index is 13.0. The van der Waals surface area contributed by atoms with E-state index in [1.54, 1.807) is 6.92 Å². The Morgan fingerprint density at radius 1 is 1.33 bits per heavy atom. The van der Waals surface area contributed by atoms with Gasteiger partial charge in [0.2, 0.25) is 0 Å². The standard InChI is InChI=1S/C12H12BrFO4/c1-2-17-12(16)6-10(15)7-18-11-4-8(13)3-9(14)5-11/h3-5H,2,6-7H2,1H3. The van der Waals surface area contributed by atoms with Crippen molar-refractivity contribution in [2.24, 2.45) is 0 Å². The number of halogens is 2. The minimum Gasteiger partial charge on any atom is -0.486 e. The molecule has 0 spiro atoms. The summed E-state index contributed by atoms with van der Waals surface area (Å²) >= 11 is 3.10. The Hall–Kier alpha value is -1.43. The van der Waals surface area contributed by atoms with Crippen molar-refractivity contribution in [3.05, 3.63) is 28.5 Å². The Labute approximate surface area is 112 Å². The summed E-state index contributed by atoms with van der Waals surface area (Å²) in [5.74, 6) is -1.27. The number of ether oxygens (including phenoxy) is 2. The highest BCUT2D eigenvalue weighted by Gasteiger charge is 2.11. The average Bonchev–Trinajstić information content (AvgIpc) is 2.25. The van der Waals surface area contributed by atoms with Crippen LogP contribution in [0.3, 0.4) is 0 Å². The third-order valence-electron chi connectivity index (χ3n) is 1.88. The van der Waals surface area contributed by atoms with Crippen LogP contribution in [0.4, 0.5) is 4.39 Å². The van der Waals surface area contributed by atoms with Crippen LogP contribution < -0.4 is 4.74 Å². The normalized spacial score (nSPS) is 9.94. The van der Waals surface area contributed by atoms with E-state index in [1.165, 1.54) is 12.1 Å². The molecule has 4 nitrogen and oxygen atoms in total. The highest BCUT2D eigenvalue weighted by Crippen LogP contribution is 2.20. The number of esters is 1. The van der Waals surface area contributed by atoms with E-state index in [0.717, 1.165) is 6.07 Å². The molecule has 18 heavy (non-hydrogen) atoms. The molecule has 0 bridgehead atoms. The minimum atomic E-state index is -0.591. The molecule has 0 N–H and O–H groups in total. The number of carbonyl (C=O) groups excluding carboxylic acids is 2. The van der Waals surface area contributed by atoms with Crippen LogP contribution in [0, 0.1) is 5.82 Å². The van der Waals surface area contributed by atoms with Crippen LogP contribution in [0.5, 0.6) is 5.75 Å². The molecular weight excluding hydrogens is 307 g/mol. The molecular formula is C12H12BrFO4. The van der Waals surface area contributed by atoms with Gasteiger partial charge in [-0.15, -0.1) is 0 Å². The maximum Gasteiger partial charge on any atom is 0.313 e. The second-order valence-electron chi connectivity index (χ2n) is 3.41. The topological polar surface area (TPSA) is 52.6 Å². The van der Waals surface area contributed by atoms with Gasteiger partial charge in [0, 0.05) is 10.5 Å². The molecule has 0 aliphatic rings. The molecule has 1 aromatic carbocycles. The van der Waals surface area contributed by atoms with Crippen molar-refractivity contribution >= 4 is 27.7 Å². The third kappa shape index (κ3) is 5.27. The van der Waals surface area contributed by atoms with E-state index in [4.69, 9.17) is 4.74 Å². The summed E-state index contributed by atoms with van der Waals surface area (Å²) in [6, 6.07) is 3.95. The van der Waals surface area contributed by atoms with Gasteiger partial charge in [0.15, 0.2) is 5.78 Å². The Morgan fingerprint density at radius 2 is 2.06 bits per heavy atom. The molecule has 0 heterocycles. The van der Waals surface area contributed by atoms with Crippen LogP contribution in [0.1, 0.15) is 13.3 Å². The zero-order valence-corrected chi connectivity index (χ0v) is 11.3. The molecule has 0 aliphatic heterocycles. The predicted octanol–water partition coefficient (Wildman–Crippen LogP) is 2.49. The highest BCUT2D eigenvalue weighted by atomic mass is 79.9. The molecule has 1 aromatic rings. The monoisotopic (exact) mass is 318 g/mol. The van der Waals surface area contributed by atoms with E-state index in [1.807, 2.05) is 0 Å². The van der Waals surface area contributed by atoms with E-state index in [2.05, 4.69) is 20.7 Å². The molecule has 0 fully saturated rings. The fraction of sp³-hybridized carbons (Fsp3) is 0.333. The second-order valence-corrected chi connectivity index (χ2v) is 4.33. The molecule has 0 radical (unpaired) electrons. The largest absolute Gasteiger partial charge is 0.486 e. The van der Waals surface area contributed by atoms with Crippen molar-refractivity contribution in [1.82, 2.24) is 0 Å². The van der Waals surface area contributed by atoms with Crippen LogP contribution in [0.25, 0.3) is 0 Å². The molecule has 0 amide bonds. The molecule has 98 valence electrons. The van der Waals surface area contributed by atoms with Crippen LogP contribution in [-0.4, -0.2) is 25.0 Å². The van der Waals surface area contributed by atoms with Crippen molar-refractivity contribution in [1.29, 1.82) is 0 Å². The van der Waals surface area contributed by atoms with Gasteiger partial charge in [0.1, 0.15) is 24.6 Å². The van der Waals surface area contributed by atoms with Crippen LogP contribution in [0.15, 0.2) is 22.7 Å². The van der Waals surface area contributed by atoms with Crippen LogP contribution in [-0.2, 0) is 14.3 Å². The lowest BCUT2D eigenvalue weighted by molar-refractivity contribution is -0.145. The third-order valence-corrected chi connectivity index (χ3v) is 2.34. The number of benzene rings is 1. The summed E-state index contributed by atoms with van der Waals surface area (Å²) in [6.07, 6.45) is -0.343. The Morgan fingerprint density at radius 3 is 2.67 bits per heavy atom. The highest BCUT2D eigenvalue weighted by molar-refractivity contribution is 9.10. The van der Waals surface area contributed by atoms with Gasteiger partial charge in [-0.05, 0) is 19.1 Å². The fourth-order valence-corrected chi connectivity index (χ4v) is 1.64. The number of rotatable bonds is 6. The lowest BCUT2D eigenvalue weighted by atomic mass is 10.3. The number of carbonyl (C=O) groups is 2. The molecule has 0 saturated heterocycles. The van der Waals surface area contributed by atoms with E-state index >= 15 is 0 Å². The second kappa shape index (κ2) is 7.10. The van der Waals surface area contributed by atoms with Gasteiger partial charge in [-0.2, -0.15) is 0 Å². The van der Waals surface area contributed by atoms with Gasteiger partial charge in [-0.3, -0.25) is 9.59 Å². The lowest BCUT2D eigenvalue weighted by Crippen LogP contribution is -2.17. The summed E-state index contributed by atoms with van der Waals surface area (Å²) in [5.41, 5.74) is 0. The molecule has 0 aromatic heterocycles. The molecule has 6 heteroatoms. The van der Waals surface area contributed by atoms with Gasteiger partial charge >= 0.3 is 5.97 Å². The van der Waals surface area contributed by atoms with Crippen molar-refractivity contribution in [3.63, 3.8) is 0 Å². The Bertz CT molecular complexity index is 427. The zero-order chi connectivity index (χ0) is 13.5. The van der Waals surface area contributed by atoms with Crippen molar-refractivity contribution in [3.8, 4) is 5.75 Å². The van der Waals surface area contributed by atoms with Gasteiger partial charge in [0.05, 0.1) is 6.61 Å². The average molecular weight is 319 g/mol. The van der Waals surface area contributed by atoms with Crippen molar-refractivity contribution in [2.45, 2.75) is 13.3 Å². The zero-order valence-electron chi connectivity index (χ0n) is 9.74. The number of hydrogen-bond acceptors (Lipinski definition) is 4. The summed E-state index contributed by atoms with van der Waals surface area (Å²) in [6.45, 7) is 1.58. The maximum atomic E-state index is 13.0. The lowest BCUT2D eigenvalue weighted by Gasteiger charge is -2.06. The smallest absolute Gasteiger partial charge is 0.313 e. The summed E-state index contributed by atoms with van der Waals surface area (Å²) in [4.78, 5) is 22.3. The quantitative estimate of drug-likeness (QED) is 0.597. The summed E-state index contributed by atoms with van der Waals surface area (Å²) < 4.78 is 23.2. The SMILES string of the molecule is CCOC(=O)CC(=O)COc1cc(F)cc(Br)c1. The first-order valence-electron chi connectivity index (χ1n) is 5.27. The summed E-state index contributed by atoms with van der Waals surface area (Å²) in [5, 5.41) is 0. The minimum absolute atomic E-state index is 0.221. The first-order chi connectivity index (χ1) is 8.51. The van der Waals surface area contributed by atoms with E-state index in [0.29, 0.717) is 4.47 Å². The fourth-order valence-electron chi connectivity index (χ4n) is 1.20. The number of ketones is 1. The molecule has 1 rings (SSSR count). The first-order valence-corrected chi connectivity index (χ1v) is 6.06. The van der Waals surface area contributed by atoms with E-state index in [9.17, 15) is 14.0 Å². The first kappa shape index (κ1) is 14.6. The number of hydrogen-bond donors (Lipinski definition) is 0. The van der Waals surface area contributed by atoms with Gasteiger partial charge in [0.25, 0.3) is 0 Å². The van der Waals surface area contributed by atoms with Gasteiger partial charge < -0.3 is 9.47 Å². The Balaban J connectivity index is 2.45. The van der Waals surface area contributed by atoms with Crippen LogP contribution in [0.2, 0.25) is 0 Å². The van der Waals surface area contributed by atoms with E-state index in [-0.39, 0.29) is 25.4 Å². The summed E-state index contributed by atoms with van der Waals surface area (Å²) in [7, 11) is 0.